The van der Waals surface area contributed by atoms with Crippen LogP contribution in [0.2, 0.25) is 0 Å². The van der Waals surface area contributed by atoms with Gasteiger partial charge in [0, 0.05) is 35.3 Å². The van der Waals surface area contributed by atoms with Crippen molar-refractivity contribution in [3.63, 3.8) is 0 Å². The van der Waals surface area contributed by atoms with E-state index in [1.807, 2.05) is 78.9 Å². The molecule has 4 aromatic rings. The molecule has 0 radical (unpaired) electrons. The number of aliphatic hydroxyl groups excluding tert-OH is 1. The Labute approximate surface area is 168 Å². The van der Waals surface area contributed by atoms with Crippen molar-refractivity contribution < 1.29 is 9.90 Å². The van der Waals surface area contributed by atoms with Crippen LogP contribution in [0.25, 0.3) is 10.9 Å². The van der Waals surface area contributed by atoms with Crippen molar-refractivity contribution in [2.45, 2.75) is 18.3 Å². The van der Waals surface area contributed by atoms with E-state index in [1.54, 1.807) is 6.20 Å². The van der Waals surface area contributed by atoms with Gasteiger partial charge in [-0.1, -0.05) is 54.6 Å². The Morgan fingerprint density at radius 3 is 2.48 bits per heavy atom. The topological polar surface area (TPSA) is 66.0 Å². The molecule has 0 saturated heterocycles. The number of hydrogen-bond acceptors (Lipinski definition) is 3. The molecule has 0 fully saturated rings. The highest BCUT2D eigenvalue weighted by Gasteiger charge is 2.39. The Kier molecular flexibility index (Phi) is 4.24. The van der Waals surface area contributed by atoms with E-state index in [0.717, 1.165) is 27.9 Å². The fraction of sp³-hybridized carbons (Fsp3) is 0.120. The van der Waals surface area contributed by atoms with Gasteiger partial charge >= 0.3 is 0 Å². The molecule has 1 aliphatic rings. The van der Waals surface area contributed by atoms with Crippen LogP contribution in [0.4, 0.5) is 0 Å². The Morgan fingerprint density at radius 1 is 0.966 bits per heavy atom. The Bertz CT molecular complexity index is 1180. The van der Waals surface area contributed by atoms with Crippen LogP contribution in [0.15, 0.2) is 96.4 Å². The van der Waals surface area contributed by atoms with Gasteiger partial charge in [-0.2, -0.15) is 0 Å². The number of H-pyrrole nitrogens is 1. The summed E-state index contributed by atoms with van der Waals surface area (Å²) in [4.78, 5) is 21.1. The van der Waals surface area contributed by atoms with Gasteiger partial charge in [-0.05, 0) is 35.2 Å². The SMILES string of the molecule is O=C1CC(c2ccccc2)C(O)=C1C(c1ccccn1)c1cc2ccccc2[nH]1. The van der Waals surface area contributed by atoms with Crippen LogP contribution in [0.5, 0.6) is 0 Å². The van der Waals surface area contributed by atoms with E-state index in [-0.39, 0.29) is 23.9 Å². The van der Waals surface area contributed by atoms with E-state index in [2.05, 4.69) is 9.97 Å². The predicted octanol–water partition coefficient (Wildman–Crippen LogP) is 5.26. The van der Waals surface area contributed by atoms with Crippen LogP contribution in [-0.4, -0.2) is 20.9 Å². The number of rotatable bonds is 4. The van der Waals surface area contributed by atoms with Crippen molar-refractivity contribution in [1.29, 1.82) is 0 Å². The van der Waals surface area contributed by atoms with Crippen LogP contribution in [-0.2, 0) is 4.79 Å². The monoisotopic (exact) mass is 380 g/mol. The number of allylic oxidation sites excluding steroid dienone is 2. The van der Waals surface area contributed by atoms with Gasteiger partial charge in [0.15, 0.2) is 5.78 Å². The highest BCUT2D eigenvalue weighted by atomic mass is 16.3. The van der Waals surface area contributed by atoms with E-state index in [9.17, 15) is 9.90 Å². The van der Waals surface area contributed by atoms with Gasteiger partial charge in [-0.25, -0.2) is 0 Å². The first-order chi connectivity index (χ1) is 14.2. The van der Waals surface area contributed by atoms with Gasteiger partial charge in [-0.3, -0.25) is 9.78 Å². The minimum atomic E-state index is -0.440. The first kappa shape index (κ1) is 17.4. The van der Waals surface area contributed by atoms with E-state index in [0.29, 0.717) is 5.57 Å². The van der Waals surface area contributed by atoms with Crippen LogP contribution >= 0.6 is 0 Å². The zero-order chi connectivity index (χ0) is 19.8. The van der Waals surface area contributed by atoms with Gasteiger partial charge in [0.25, 0.3) is 0 Å². The fourth-order valence-corrected chi connectivity index (χ4v) is 4.25. The molecule has 4 nitrogen and oxygen atoms in total. The number of nitrogens with one attached hydrogen (secondary N) is 1. The summed E-state index contributed by atoms with van der Waals surface area (Å²) in [6.07, 6.45) is 1.99. The summed E-state index contributed by atoms with van der Waals surface area (Å²) in [6.45, 7) is 0. The average molecular weight is 380 g/mol. The van der Waals surface area contributed by atoms with Crippen molar-refractivity contribution in [3.05, 3.63) is 113 Å². The molecule has 0 spiro atoms. The van der Waals surface area contributed by atoms with Crippen molar-refractivity contribution in [1.82, 2.24) is 9.97 Å². The Hall–Kier alpha value is -3.66. The normalized spacial score (nSPS) is 17.8. The molecule has 142 valence electrons. The average Bonchev–Trinajstić information content (AvgIpc) is 3.31. The third kappa shape index (κ3) is 3.03. The predicted molar refractivity (Wildman–Crippen MR) is 113 cm³/mol. The highest BCUT2D eigenvalue weighted by Crippen LogP contribution is 2.44. The molecule has 2 heterocycles. The Balaban J connectivity index is 1.68. The number of carbonyl (C=O) groups is 1. The second kappa shape index (κ2) is 7.06. The zero-order valence-corrected chi connectivity index (χ0v) is 15.7. The standard InChI is InChI=1S/C25H20N2O2/c28-22-15-18(16-8-2-1-3-9-16)25(29)24(22)23(20-12-6-7-13-26-20)21-14-17-10-4-5-11-19(17)27-21/h1-14,18,23,27,29H,15H2. The second-order valence-corrected chi connectivity index (χ2v) is 7.39. The summed E-state index contributed by atoms with van der Waals surface area (Å²) in [7, 11) is 0. The van der Waals surface area contributed by atoms with Crippen LogP contribution in [0.1, 0.15) is 35.2 Å². The number of Topliss-reactive ketones (excluding diaryl/α,β-unsaturated/α-hetero) is 1. The van der Waals surface area contributed by atoms with Crippen molar-refractivity contribution in [2.24, 2.45) is 0 Å². The first-order valence-corrected chi connectivity index (χ1v) is 9.72. The largest absolute Gasteiger partial charge is 0.511 e. The minimum absolute atomic E-state index is 0.0364. The van der Waals surface area contributed by atoms with Crippen LogP contribution in [0, 0.1) is 0 Å². The molecule has 1 aliphatic carbocycles. The van der Waals surface area contributed by atoms with Crippen LogP contribution < -0.4 is 0 Å². The molecule has 2 aromatic heterocycles. The molecule has 5 rings (SSSR count). The first-order valence-electron chi connectivity index (χ1n) is 9.72. The second-order valence-electron chi connectivity index (χ2n) is 7.39. The van der Waals surface area contributed by atoms with E-state index in [1.165, 1.54) is 0 Å². The van der Waals surface area contributed by atoms with Gasteiger partial charge in [-0.15, -0.1) is 0 Å². The van der Waals surface area contributed by atoms with Gasteiger partial charge in [0.2, 0.25) is 0 Å². The summed E-state index contributed by atoms with van der Waals surface area (Å²) in [6, 6.07) is 25.4. The summed E-state index contributed by atoms with van der Waals surface area (Å²) in [5.74, 6) is -0.639. The van der Waals surface area contributed by atoms with Crippen molar-refractivity contribution in [3.8, 4) is 0 Å². The Morgan fingerprint density at radius 2 is 1.72 bits per heavy atom. The lowest BCUT2D eigenvalue weighted by Crippen LogP contribution is -2.12. The third-order valence-corrected chi connectivity index (χ3v) is 5.63. The molecule has 0 aliphatic heterocycles. The number of aliphatic hydroxyl groups is 1. The van der Waals surface area contributed by atoms with Crippen LogP contribution in [0.3, 0.4) is 0 Å². The third-order valence-electron chi connectivity index (χ3n) is 5.63. The number of ketones is 1. The molecular formula is C25H20N2O2. The molecule has 2 atom stereocenters. The maximum Gasteiger partial charge on any atom is 0.164 e. The lowest BCUT2D eigenvalue weighted by Gasteiger charge is -2.17. The molecule has 2 unspecified atom stereocenters. The maximum atomic E-state index is 13.1. The molecule has 2 N–H and O–H groups in total. The minimum Gasteiger partial charge on any atom is -0.511 e. The number of carbonyl (C=O) groups excluding carboxylic acids is 1. The summed E-state index contributed by atoms with van der Waals surface area (Å²) in [5.41, 5.74) is 3.97. The van der Waals surface area contributed by atoms with E-state index >= 15 is 0 Å². The summed E-state index contributed by atoms with van der Waals surface area (Å²) >= 11 is 0. The number of nitrogens with zero attached hydrogens (tertiary/aromatic N) is 1. The van der Waals surface area contributed by atoms with Gasteiger partial charge < -0.3 is 10.1 Å². The summed E-state index contributed by atoms with van der Waals surface area (Å²) < 4.78 is 0. The molecule has 29 heavy (non-hydrogen) atoms. The number of para-hydroxylation sites is 1. The number of aromatic amines is 1. The van der Waals surface area contributed by atoms with Crippen molar-refractivity contribution >= 4 is 16.7 Å². The summed E-state index contributed by atoms with van der Waals surface area (Å²) in [5, 5.41) is 12.2. The molecule has 2 aromatic carbocycles. The molecule has 0 saturated carbocycles. The van der Waals surface area contributed by atoms with Gasteiger partial charge in [0.05, 0.1) is 11.6 Å². The smallest absolute Gasteiger partial charge is 0.164 e. The number of fused-ring (bicyclic) bond motifs is 1. The van der Waals surface area contributed by atoms with E-state index in [4.69, 9.17) is 0 Å². The quantitative estimate of drug-likeness (QED) is 0.507. The highest BCUT2D eigenvalue weighted by molar-refractivity contribution is 6.01. The number of pyridine rings is 1. The number of hydrogen-bond donors (Lipinski definition) is 2. The maximum absolute atomic E-state index is 13.1. The molecule has 0 bridgehead atoms. The van der Waals surface area contributed by atoms with Gasteiger partial charge in [0.1, 0.15) is 5.76 Å². The number of aromatic nitrogens is 2. The lowest BCUT2D eigenvalue weighted by atomic mass is 9.90. The molecule has 4 heteroatoms. The van der Waals surface area contributed by atoms with Crippen molar-refractivity contribution in [2.75, 3.05) is 0 Å². The molecule has 0 amide bonds. The molecular weight excluding hydrogens is 360 g/mol. The number of benzene rings is 2. The lowest BCUT2D eigenvalue weighted by molar-refractivity contribution is -0.115. The fourth-order valence-electron chi connectivity index (χ4n) is 4.25. The zero-order valence-electron chi connectivity index (χ0n) is 15.7. The van der Waals surface area contributed by atoms with E-state index < -0.39 is 5.92 Å².